The van der Waals surface area contributed by atoms with Crippen molar-refractivity contribution in [3.63, 3.8) is 0 Å². The van der Waals surface area contributed by atoms with Gasteiger partial charge in [-0.2, -0.15) is 0 Å². The van der Waals surface area contributed by atoms with Gasteiger partial charge in [-0.25, -0.2) is 17.8 Å². The first-order valence-corrected chi connectivity index (χ1v) is 11.9. The Balaban J connectivity index is 1.70. The van der Waals surface area contributed by atoms with Crippen LogP contribution in [0.4, 0.5) is 4.39 Å². The van der Waals surface area contributed by atoms with Crippen molar-refractivity contribution in [1.29, 1.82) is 0 Å². The number of aromatic amines is 1. The molecule has 0 aliphatic carbocycles. The third-order valence-corrected chi connectivity index (χ3v) is 6.27. The van der Waals surface area contributed by atoms with Crippen LogP contribution in [-0.2, 0) is 16.3 Å². The molecule has 0 aliphatic rings. The lowest BCUT2D eigenvalue weighted by atomic mass is 10.1. The molecule has 0 saturated heterocycles. The lowest BCUT2D eigenvalue weighted by Gasteiger charge is -2.04. The Hall–Kier alpha value is -3.58. The number of nitrogens with one attached hydrogen (secondary N) is 1. The molecule has 7 heteroatoms. The van der Waals surface area contributed by atoms with Crippen molar-refractivity contribution in [2.45, 2.75) is 17.7 Å². The molecule has 3 aromatic carbocycles. The van der Waals surface area contributed by atoms with Crippen LogP contribution >= 0.6 is 0 Å². The summed E-state index contributed by atoms with van der Waals surface area (Å²) in [6.45, 7) is 0. The lowest BCUT2D eigenvalue weighted by molar-refractivity contribution is 0.0974. The fourth-order valence-electron chi connectivity index (χ4n) is 3.42. The van der Waals surface area contributed by atoms with Gasteiger partial charge >= 0.3 is 0 Å². The molecular formula is C25H21FN2O3S. The number of rotatable bonds is 7. The minimum Gasteiger partial charge on any atom is -0.335 e. The molecule has 4 aromatic rings. The summed E-state index contributed by atoms with van der Waals surface area (Å²) in [7, 11) is -3.33. The topological polar surface area (TPSA) is 79.9 Å². The van der Waals surface area contributed by atoms with Crippen LogP contribution in [0.3, 0.4) is 0 Å². The van der Waals surface area contributed by atoms with Crippen LogP contribution in [0.5, 0.6) is 0 Å². The number of sulfone groups is 1. The average Bonchev–Trinajstić information content (AvgIpc) is 3.24. The highest BCUT2D eigenvalue weighted by Gasteiger charge is 2.19. The summed E-state index contributed by atoms with van der Waals surface area (Å²) < 4.78 is 37.0. The molecule has 0 fully saturated rings. The molecule has 0 radical (unpaired) electrons. The number of imidazole rings is 1. The number of hydrogen-bond acceptors (Lipinski definition) is 4. The zero-order chi connectivity index (χ0) is 22.7. The van der Waals surface area contributed by atoms with Crippen LogP contribution in [0.25, 0.3) is 22.5 Å². The van der Waals surface area contributed by atoms with Crippen molar-refractivity contribution in [3.05, 3.63) is 96.1 Å². The highest BCUT2D eigenvalue weighted by atomic mass is 32.2. The summed E-state index contributed by atoms with van der Waals surface area (Å²) >= 11 is 0. The monoisotopic (exact) mass is 448 g/mol. The molecule has 1 N–H and O–H groups in total. The Morgan fingerprint density at radius 3 is 2.16 bits per heavy atom. The molecule has 0 unspecified atom stereocenters. The van der Waals surface area contributed by atoms with E-state index in [9.17, 15) is 17.6 Å². The van der Waals surface area contributed by atoms with Gasteiger partial charge in [0.05, 0.1) is 16.3 Å². The largest absolute Gasteiger partial charge is 0.335 e. The lowest BCUT2D eigenvalue weighted by Crippen LogP contribution is -2.03. The van der Waals surface area contributed by atoms with E-state index in [1.54, 1.807) is 24.3 Å². The molecule has 0 saturated carbocycles. The number of carbonyl (C=O) groups is 1. The number of aryl methyl sites for hydroxylation is 1. The Labute approximate surface area is 185 Å². The van der Waals surface area contributed by atoms with Gasteiger partial charge < -0.3 is 4.98 Å². The van der Waals surface area contributed by atoms with Crippen LogP contribution < -0.4 is 0 Å². The fourth-order valence-corrected chi connectivity index (χ4v) is 4.05. The number of H-pyrrole nitrogens is 1. The van der Waals surface area contributed by atoms with Crippen molar-refractivity contribution < 1.29 is 17.6 Å². The van der Waals surface area contributed by atoms with E-state index in [2.05, 4.69) is 9.97 Å². The van der Waals surface area contributed by atoms with Crippen molar-refractivity contribution in [3.8, 4) is 22.5 Å². The standard InChI is InChI=1S/C25H21FN2O3S/c1-32(30,31)21-14-10-19(11-15-21)24-23(18-8-12-20(26)13-9-18)27-25(28-24)22(29)16-7-17-5-3-2-4-6-17/h2-6,8-15H,7,16H2,1H3,(H,27,28). The smallest absolute Gasteiger partial charge is 0.198 e. The van der Waals surface area contributed by atoms with Gasteiger partial charge in [0.25, 0.3) is 0 Å². The van der Waals surface area contributed by atoms with Crippen LogP contribution in [-0.4, -0.2) is 30.4 Å². The summed E-state index contributed by atoms with van der Waals surface area (Å²) in [6, 6.07) is 21.9. The third kappa shape index (κ3) is 4.84. The number of carbonyl (C=O) groups excluding carboxylic acids is 1. The molecule has 0 atom stereocenters. The molecule has 5 nitrogen and oxygen atoms in total. The minimum absolute atomic E-state index is 0.142. The predicted octanol–water partition coefficient (Wildman–Crippen LogP) is 5.10. The van der Waals surface area contributed by atoms with Crippen LogP contribution in [0.1, 0.15) is 22.6 Å². The number of ketones is 1. The molecule has 1 aromatic heterocycles. The van der Waals surface area contributed by atoms with Crippen molar-refractivity contribution in [2.24, 2.45) is 0 Å². The maximum Gasteiger partial charge on any atom is 0.198 e. The number of aromatic nitrogens is 2. The second-order valence-corrected chi connectivity index (χ2v) is 9.54. The first-order valence-electron chi connectivity index (χ1n) is 10.0. The Bertz CT molecular complexity index is 1340. The molecular weight excluding hydrogens is 427 g/mol. The van der Waals surface area contributed by atoms with Gasteiger partial charge in [-0.15, -0.1) is 0 Å². The molecule has 0 amide bonds. The first-order chi connectivity index (χ1) is 15.3. The second-order valence-electron chi connectivity index (χ2n) is 7.52. The normalized spacial score (nSPS) is 11.4. The van der Waals surface area contributed by atoms with E-state index in [4.69, 9.17) is 0 Å². The van der Waals surface area contributed by atoms with E-state index >= 15 is 0 Å². The molecule has 1 heterocycles. The highest BCUT2D eigenvalue weighted by Crippen LogP contribution is 2.31. The average molecular weight is 449 g/mol. The predicted molar refractivity (Wildman–Crippen MR) is 122 cm³/mol. The van der Waals surface area contributed by atoms with Crippen molar-refractivity contribution in [2.75, 3.05) is 6.26 Å². The van der Waals surface area contributed by atoms with E-state index in [1.807, 2.05) is 30.3 Å². The number of hydrogen-bond donors (Lipinski definition) is 1. The quantitative estimate of drug-likeness (QED) is 0.399. The molecule has 0 spiro atoms. The Kier molecular flexibility index (Phi) is 6.01. The summed E-state index contributed by atoms with van der Waals surface area (Å²) in [5.41, 5.74) is 3.45. The Morgan fingerprint density at radius 2 is 1.53 bits per heavy atom. The molecule has 0 bridgehead atoms. The summed E-state index contributed by atoms with van der Waals surface area (Å²) in [4.78, 5) is 20.7. The maximum absolute atomic E-state index is 13.4. The van der Waals surface area contributed by atoms with E-state index in [0.717, 1.165) is 11.8 Å². The number of nitrogens with zero attached hydrogens (tertiary/aromatic N) is 1. The van der Waals surface area contributed by atoms with Gasteiger partial charge in [0.15, 0.2) is 21.4 Å². The molecule has 0 aliphatic heterocycles. The summed E-state index contributed by atoms with van der Waals surface area (Å²) in [5.74, 6) is -0.301. The minimum atomic E-state index is -3.33. The molecule has 32 heavy (non-hydrogen) atoms. The van der Waals surface area contributed by atoms with Crippen LogP contribution in [0.15, 0.2) is 83.8 Å². The number of Topliss-reactive ketones (excluding diaryl/α,β-unsaturated/α-hetero) is 1. The van der Waals surface area contributed by atoms with Crippen LogP contribution in [0, 0.1) is 5.82 Å². The van der Waals surface area contributed by atoms with Crippen molar-refractivity contribution >= 4 is 15.6 Å². The highest BCUT2D eigenvalue weighted by molar-refractivity contribution is 7.90. The third-order valence-electron chi connectivity index (χ3n) is 5.14. The van der Waals surface area contributed by atoms with E-state index in [-0.39, 0.29) is 28.7 Å². The van der Waals surface area contributed by atoms with Gasteiger partial charge in [0, 0.05) is 23.8 Å². The second kappa shape index (κ2) is 8.88. The zero-order valence-electron chi connectivity index (χ0n) is 17.4. The van der Waals surface area contributed by atoms with Gasteiger partial charge in [-0.3, -0.25) is 4.79 Å². The first kappa shape index (κ1) is 21.6. The van der Waals surface area contributed by atoms with Gasteiger partial charge in [0.2, 0.25) is 0 Å². The summed E-state index contributed by atoms with van der Waals surface area (Å²) in [6.07, 6.45) is 2.02. The molecule has 162 valence electrons. The van der Waals surface area contributed by atoms with Gasteiger partial charge in [-0.05, 0) is 48.4 Å². The molecule has 4 rings (SSSR count). The van der Waals surface area contributed by atoms with E-state index in [0.29, 0.717) is 28.9 Å². The Morgan fingerprint density at radius 1 is 0.906 bits per heavy atom. The number of halogens is 1. The number of benzene rings is 3. The maximum atomic E-state index is 13.4. The van der Waals surface area contributed by atoms with Gasteiger partial charge in [-0.1, -0.05) is 42.5 Å². The van der Waals surface area contributed by atoms with Crippen molar-refractivity contribution in [1.82, 2.24) is 9.97 Å². The SMILES string of the molecule is CS(=O)(=O)c1ccc(-c2nc(C(=O)CCc3ccccc3)[nH]c2-c2ccc(F)cc2)cc1. The van der Waals surface area contributed by atoms with E-state index < -0.39 is 9.84 Å². The summed E-state index contributed by atoms with van der Waals surface area (Å²) in [5, 5.41) is 0. The fraction of sp³-hybridized carbons (Fsp3) is 0.120. The van der Waals surface area contributed by atoms with Gasteiger partial charge in [0.1, 0.15) is 5.82 Å². The zero-order valence-corrected chi connectivity index (χ0v) is 18.2. The van der Waals surface area contributed by atoms with Crippen LogP contribution in [0.2, 0.25) is 0 Å². The van der Waals surface area contributed by atoms with E-state index in [1.165, 1.54) is 24.3 Å².